The van der Waals surface area contributed by atoms with E-state index >= 15 is 0 Å². The smallest absolute Gasteiger partial charge is 0.247 e. The van der Waals surface area contributed by atoms with Gasteiger partial charge in [-0.15, -0.1) is 0 Å². The molecule has 0 radical (unpaired) electrons. The second-order valence-corrected chi connectivity index (χ2v) is 7.46. The van der Waals surface area contributed by atoms with Crippen molar-refractivity contribution in [2.24, 2.45) is 0 Å². The Balaban J connectivity index is 1.49. The molecule has 5 rings (SSSR count). The van der Waals surface area contributed by atoms with Crippen LogP contribution in [0.2, 0.25) is 0 Å². The molecule has 3 aromatic heterocycles. The number of aromatic amines is 2. The molecule has 152 valence electrons. The van der Waals surface area contributed by atoms with Crippen molar-refractivity contribution in [3.8, 4) is 11.5 Å². The average Bonchev–Trinajstić information content (AvgIpc) is 3.37. The molecule has 1 aliphatic heterocycles. The van der Waals surface area contributed by atoms with Crippen molar-refractivity contribution in [1.29, 1.82) is 0 Å². The second kappa shape index (κ2) is 7.27. The lowest BCUT2D eigenvalue weighted by Crippen LogP contribution is -2.44. The summed E-state index contributed by atoms with van der Waals surface area (Å²) < 4.78 is 0. The Kier molecular flexibility index (Phi) is 4.44. The fraction of sp³-hybridized carbons (Fsp3) is 0.238. The van der Waals surface area contributed by atoms with Gasteiger partial charge < -0.3 is 20.1 Å². The second-order valence-electron chi connectivity index (χ2n) is 7.46. The summed E-state index contributed by atoms with van der Waals surface area (Å²) in [5, 5.41) is 10.8. The van der Waals surface area contributed by atoms with E-state index in [9.17, 15) is 4.79 Å². The summed E-state index contributed by atoms with van der Waals surface area (Å²) in [7, 11) is 2.15. The van der Waals surface area contributed by atoms with Gasteiger partial charge in [0.2, 0.25) is 5.91 Å². The van der Waals surface area contributed by atoms with E-state index in [2.05, 4.69) is 61.0 Å². The number of hydrogen-bond acceptors (Lipinski definition) is 6. The number of hydrogen-bond donors (Lipinski definition) is 3. The molecule has 0 bridgehead atoms. The summed E-state index contributed by atoms with van der Waals surface area (Å²) in [6, 6.07) is 8.12. The monoisotopic (exact) mass is 402 g/mol. The SMILES string of the molecule is C=CC(=O)Nc1cnc2n[nH]c(-c3nc4ccc(N5CCN(C)CC5)cc4[nH]3)c2c1. The van der Waals surface area contributed by atoms with Crippen LogP contribution in [0.15, 0.2) is 43.1 Å². The molecule has 1 amide bonds. The highest BCUT2D eigenvalue weighted by Gasteiger charge is 2.17. The Morgan fingerprint density at radius 1 is 1.23 bits per heavy atom. The number of aromatic nitrogens is 5. The van der Waals surface area contributed by atoms with Crippen molar-refractivity contribution < 1.29 is 4.79 Å². The number of nitrogens with zero attached hydrogens (tertiary/aromatic N) is 5. The minimum Gasteiger partial charge on any atom is -0.369 e. The van der Waals surface area contributed by atoms with E-state index in [1.165, 1.54) is 11.8 Å². The van der Waals surface area contributed by atoms with Crippen molar-refractivity contribution in [1.82, 2.24) is 30.0 Å². The first-order chi connectivity index (χ1) is 14.6. The fourth-order valence-electron chi connectivity index (χ4n) is 3.72. The standard InChI is InChI=1S/C21H22N8O/c1-3-18(30)23-13-10-15-19(26-27-20(15)22-12-13)21-24-16-5-4-14(11-17(16)25-21)29-8-6-28(2)7-9-29/h3-5,10-12H,1,6-9H2,2H3,(H,23,30)(H,24,25)(H,22,26,27). The lowest BCUT2D eigenvalue weighted by atomic mass is 10.2. The van der Waals surface area contributed by atoms with Crippen LogP contribution >= 0.6 is 0 Å². The molecule has 0 atom stereocenters. The number of nitrogens with one attached hydrogen (secondary N) is 3. The van der Waals surface area contributed by atoms with Crippen molar-refractivity contribution in [3.63, 3.8) is 0 Å². The van der Waals surface area contributed by atoms with E-state index in [1.54, 1.807) is 6.20 Å². The zero-order valence-electron chi connectivity index (χ0n) is 16.6. The molecule has 9 nitrogen and oxygen atoms in total. The number of benzene rings is 1. The zero-order valence-corrected chi connectivity index (χ0v) is 16.6. The first-order valence-corrected chi connectivity index (χ1v) is 9.82. The summed E-state index contributed by atoms with van der Waals surface area (Å²) in [5.74, 6) is 0.387. The molecular formula is C21H22N8O. The van der Waals surface area contributed by atoms with Crippen LogP contribution in [0.3, 0.4) is 0 Å². The topological polar surface area (TPSA) is 106 Å². The molecule has 30 heavy (non-hydrogen) atoms. The molecule has 3 N–H and O–H groups in total. The molecule has 1 aliphatic rings. The molecule has 0 saturated carbocycles. The molecular weight excluding hydrogens is 380 g/mol. The highest BCUT2D eigenvalue weighted by atomic mass is 16.1. The molecule has 4 heterocycles. The molecule has 0 unspecified atom stereocenters. The molecule has 1 fully saturated rings. The van der Waals surface area contributed by atoms with Gasteiger partial charge in [0, 0.05) is 31.9 Å². The quantitative estimate of drug-likeness (QED) is 0.453. The fourth-order valence-corrected chi connectivity index (χ4v) is 3.72. The van der Waals surface area contributed by atoms with Crippen LogP contribution in [-0.2, 0) is 4.79 Å². The van der Waals surface area contributed by atoms with E-state index in [4.69, 9.17) is 4.98 Å². The van der Waals surface area contributed by atoms with Crippen molar-refractivity contribution in [3.05, 3.63) is 43.1 Å². The number of amides is 1. The van der Waals surface area contributed by atoms with E-state index in [-0.39, 0.29) is 5.91 Å². The molecule has 0 spiro atoms. The third-order valence-corrected chi connectivity index (χ3v) is 5.43. The Bertz CT molecular complexity index is 1250. The summed E-state index contributed by atoms with van der Waals surface area (Å²) in [5.41, 5.74) is 4.90. The highest BCUT2D eigenvalue weighted by Crippen LogP contribution is 2.29. The number of anilines is 2. The highest BCUT2D eigenvalue weighted by molar-refractivity contribution is 6.01. The number of pyridine rings is 1. The van der Waals surface area contributed by atoms with Gasteiger partial charge in [-0.1, -0.05) is 6.58 Å². The summed E-state index contributed by atoms with van der Waals surface area (Å²) in [6.07, 6.45) is 2.78. The Labute approximate surface area is 172 Å². The van der Waals surface area contributed by atoms with Gasteiger partial charge in [0.1, 0.15) is 5.69 Å². The largest absolute Gasteiger partial charge is 0.369 e. The normalized spacial score (nSPS) is 15.0. The van der Waals surface area contributed by atoms with Crippen LogP contribution in [-0.4, -0.2) is 69.2 Å². The number of H-pyrrole nitrogens is 2. The van der Waals surface area contributed by atoms with Gasteiger partial charge in [-0.25, -0.2) is 9.97 Å². The number of imidazole rings is 1. The lowest BCUT2D eigenvalue weighted by Gasteiger charge is -2.34. The zero-order chi connectivity index (χ0) is 20.7. The maximum Gasteiger partial charge on any atom is 0.247 e. The van der Waals surface area contributed by atoms with Gasteiger partial charge in [-0.05, 0) is 37.4 Å². The lowest BCUT2D eigenvalue weighted by molar-refractivity contribution is -0.111. The van der Waals surface area contributed by atoms with Crippen LogP contribution in [0.5, 0.6) is 0 Å². The van der Waals surface area contributed by atoms with E-state index in [0.29, 0.717) is 17.2 Å². The Morgan fingerprint density at radius 2 is 2.07 bits per heavy atom. The van der Waals surface area contributed by atoms with Gasteiger partial charge in [0.15, 0.2) is 11.5 Å². The summed E-state index contributed by atoms with van der Waals surface area (Å²) >= 11 is 0. The van der Waals surface area contributed by atoms with Crippen LogP contribution in [0.4, 0.5) is 11.4 Å². The van der Waals surface area contributed by atoms with Crippen LogP contribution in [0, 0.1) is 0 Å². The van der Waals surface area contributed by atoms with E-state index < -0.39 is 0 Å². The van der Waals surface area contributed by atoms with Crippen LogP contribution in [0.25, 0.3) is 33.6 Å². The minimum atomic E-state index is -0.290. The number of piperazine rings is 1. The third-order valence-electron chi connectivity index (χ3n) is 5.43. The molecule has 1 saturated heterocycles. The van der Waals surface area contributed by atoms with Crippen LogP contribution < -0.4 is 10.2 Å². The van der Waals surface area contributed by atoms with Crippen LogP contribution in [0.1, 0.15) is 0 Å². The molecule has 0 aliphatic carbocycles. The number of rotatable bonds is 4. The van der Waals surface area contributed by atoms with Gasteiger partial charge in [-0.3, -0.25) is 9.89 Å². The first-order valence-electron chi connectivity index (χ1n) is 9.82. The van der Waals surface area contributed by atoms with Crippen molar-refractivity contribution in [2.45, 2.75) is 0 Å². The van der Waals surface area contributed by atoms with E-state index in [1.807, 2.05) is 12.1 Å². The van der Waals surface area contributed by atoms with Gasteiger partial charge in [-0.2, -0.15) is 5.10 Å². The van der Waals surface area contributed by atoms with Gasteiger partial charge >= 0.3 is 0 Å². The first kappa shape index (κ1) is 18.3. The number of likely N-dealkylation sites (N-methyl/N-ethyl adjacent to an activating group) is 1. The maximum atomic E-state index is 11.6. The number of carbonyl (C=O) groups is 1. The summed E-state index contributed by atoms with van der Waals surface area (Å²) in [4.78, 5) is 28.8. The van der Waals surface area contributed by atoms with Crippen molar-refractivity contribution in [2.75, 3.05) is 43.4 Å². The van der Waals surface area contributed by atoms with E-state index in [0.717, 1.165) is 48.3 Å². The van der Waals surface area contributed by atoms with Gasteiger partial charge in [0.05, 0.1) is 28.3 Å². The third kappa shape index (κ3) is 3.29. The Hall–Kier alpha value is -3.72. The maximum absolute atomic E-state index is 11.6. The average molecular weight is 402 g/mol. The predicted molar refractivity (Wildman–Crippen MR) is 118 cm³/mol. The molecule has 1 aromatic carbocycles. The number of carbonyl (C=O) groups excluding carboxylic acids is 1. The minimum absolute atomic E-state index is 0.290. The molecule has 9 heteroatoms. The molecule has 4 aromatic rings. The number of fused-ring (bicyclic) bond motifs is 2. The predicted octanol–water partition coefficient (Wildman–Crippen LogP) is 2.38. The Morgan fingerprint density at radius 3 is 2.87 bits per heavy atom. The van der Waals surface area contributed by atoms with Crippen molar-refractivity contribution >= 4 is 39.3 Å². The van der Waals surface area contributed by atoms with Gasteiger partial charge in [0.25, 0.3) is 0 Å². The summed E-state index contributed by atoms with van der Waals surface area (Å²) in [6.45, 7) is 7.62.